The van der Waals surface area contributed by atoms with E-state index in [4.69, 9.17) is 23.1 Å². The summed E-state index contributed by atoms with van der Waals surface area (Å²) in [6.07, 6.45) is 0.273. The number of sulfonamides is 1. The van der Waals surface area contributed by atoms with Crippen LogP contribution in [0.15, 0.2) is 18.2 Å². The molecule has 0 radical (unpaired) electrons. The predicted octanol–water partition coefficient (Wildman–Crippen LogP) is 0.255. The lowest BCUT2D eigenvalue weighted by atomic mass is 10.1. The molecule has 1 aromatic carbocycles. The molecule has 0 aliphatic rings. The first kappa shape index (κ1) is 16.3. The minimum atomic E-state index is -3.62. The highest BCUT2D eigenvalue weighted by Crippen LogP contribution is 2.16. The molecule has 7 nitrogen and oxygen atoms in total. The van der Waals surface area contributed by atoms with Gasteiger partial charge in [0.25, 0.3) is 0 Å². The molecular formula is C11H14ClN3O4S. The molecule has 0 aliphatic heterocycles. The molecule has 0 saturated carbocycles. The normalized spacial score (nSPS) is 11.1. The lowest BCUT2D eigenvalue weighted by Gasteiger charge is -2.09. The monoisotopic (exact) mass is 319 g/mol. The van der Waals surface area contributed by atoms with Crippen LogP contribution >= 0.6 is 11.6 Å². The molecule has 0 aliphatic carbocycles. The number of halogens is 1. The van der Waals surface area contributed by atoms with Gasteiger partial charge in [0.1, 0.15) is 0 Å². The van der Waals surface area contributed by atoms with Gasteiger partial charge in [-0.25, -0.2) is 8.42 Å². The van der Waals surface area contributed by atoms with E-state index in [9.17, 15) is 18.0 Å². The molecule has 0 spiro atoms. The summed E-state index contributed by atoms with van der Waals surface area (Å²) in [5.74, 6) is -1.57. The number of nitrogens with two attached hydrogens (primary N) is 2. The second-order valence-corrected chi connectivity index (χ2v) is 6.21. The van der Waals surface area contributed by atoms with Crippen LogP contribution in [0.4, 0.5) is 5.69 Å². The van der Waals surface area contributed by atoms with Crippen molar-refractivity contribution in [3.05, 3.63) is 29.3 Å². The SMILES string of the molecule is NC(=O)c1cc(NS(=O)(=O)CCCCl)cc(C(N)=O)c1. The Morgan fingerprint density at radius 2 is 1.60 bits per heavy atom. The summed E-state index contributed by atoms with van der Waals surface area (Å²) in [6.45, 7) is 0. The molecule has 5 N–H and O–H groups in total. The van der Waals surface area contributed by atoms with Crippen LogP contribution in [-0.4, -0.2) is 31.9 Å². The van der Waals surface area contributed by atoms with Crippen molar-refractivity contribution in [1.29, 1.82) is 0 Å². The Kier molecular flexibility index (Phi) is 5.34. The zero-order valence-electron chi connectivity index (χ0n) is 10.4. The van der Waals surface area contributed by atoms with Crippen LogP contribution in [-0.2, 0) is 10.0 Å². The van der Waals surface area contributed by atoms with E-state index in [0.717, 1.165) is 0 Å². The fraction of sp³-hybridized carbons (Fsp3) is 0.273. The number of benzene rings is 1. The van der Waals surface area contributed by atoms with Gasteiger partial charge in [-0.2, -0.15) is 0 Å². The summed E-state index contributed by atoms with van der Waals surface area (Å²) in [5.41, 5.74) is 10.2. The van der Waals surface area contributed by atoms with Crippen LogP contribution in [0, 0.1) is 0 Å². The minimum absolute atomic E-state index is 0.0173. The summed E-state index contributed by atoms with van der Waals surface area (Å²) in [5, 5.41) is 0. The van der Waals surface area contributed by atoms with Crippen molar-refractivity contribution in [2.24, 2.45) is 11.5 Å². The molecule has 0 bridgehead atoms. The lowest BCUT2D eigenvalue weighted by Crippen LogP contribution is -2.20. The third-order valence-electron chi connectivity index (χ3n) is 2.32. The van der Waals surface area contributed by atoms with Crippen LogP contribution < -0.4 is 16.2 Å². The van der Waals surface area contributed by atoms with Crippen LogP contribution in [0.2, 0.25) is 0 Å². The average Bonchev–Trinajstić information content (AvgIpc) is 2.35. The van der Waals surface area contributed by atoms with Gasteiger partial charge >= 0.3 is 0 Å². The number of hydrogen-bond acceptors (Lipinski definition) is 4. The van der Waals surface area contributed by atoms with E-state index in [1.165, 1.54) is 18.2 Å². The maximum absolute atomic E-state index is 11.7. The van der Waals surface area contributed by atoms with Crippen molar-refractivity contribution in [1.82, 2.24) is 0 Å². The maximum Gasteiger partial charge on any atom is 0.248 e. The zero-order valence-corrected chi connectivity index (χ0v) is 12.0. The number of hydrogen-bond donors (Lipinski definition) is 3. The number of nitrogens with one attached hydrogen (secondary N) is 1. The fourth-order valence-electron chi connectivity index (χ4n) is 1.45. The second kappa shape index (κ2) is 6.58. The van der Waals surface area contributed by atoms with Crippen molar-refractivity contribution in [3.8, 4) is 0 Å². The summed E-state index contributed by atoms with van der Waals surface area (Å²) in [7, 11) is -3.62. The number of amides is 2. The summed E-state index contributed by atoms with van der Waals surface area (Å²) in [4.78, 5) is 22.3. The Morgan fingerprint density at radius 3 is 2.00 bits per heavy atom. The van der Waals surface area contributed by atoms with Gasteiger partial charge in [0, 0.05) is 17.0 Å². The largest absolute Gasteiger partial charge is 0.366 e. The van der Waals surface area contributed by atoms with Gasteiger partial charge < -0.3 is 11.5 Å². The molecule has 0 heterocycles. The first-order valence-electron chi connectivity index (χ1n) is 5.56. The van der Waals surface area contributed by atoms with Gasteiger partial charge in [-0.05, 0) is 24.6 Å². The van der Waals surface area contributed by atoms with E-state index in [1.807, 2.05) is 0 Å². The summed E-state index contributed by atoms with van der Waals surface area (Å²) >= 11 is 5.43. The molecule has 0 fully saturated rings. The number of primary amides is 2. The second-order valence-electron chi connectivity index (χ2n) is 3.99. The third-order valence-corrected chi connectivity index (χ3v) is 3.96. The highest BCUT2D eigenvalue weighted by molar-refractivity contribution is 7.92. The van der Waals surface area contributed by atoms with E-state index in [0.29, 0.717) is 0 Å². The molecule has 9 heteroatoms. The molecule has 0 atom stereocenters. The smallest absolute Gasteiger partial charge is 0.248 e. The van der Waals surface area contributed by atoms with Gasteiger partial charge in [0.05, 0.1) is 11.4 Å². The van der Waals surface area contributed by atoms with Gasteiger partial charge in [-0.1, -0.05) is 0 Å². The van der Waals surface area contributed by atoms with Gasteiger partial charge in [0.2, 0.25) is 21.8 Å². The highest BCUT2D eigenvalue weighted by Gasteiger charge is 2.14. The van der Waals surface area contributed by atoms with Crippen molar-refractivity contribution in [2.45, 2.75) is 6.42 Å². The topological polar surface area (TPSA) is 132 Å². The van der Waals surface area contributed by atoms with Crippen molar-refractivity contribution in [3.63, 3.8) is 0 Å². The van der Waals surface area contributed by atoms with E-state index in [2.05, 4.69) is 4.72 Å². The molecule has 0 unspecified atom stereocenters. The van der Waals surface area contributed by atoms with Crippen LogP contribution in [0.3, 0.4) is 0 Å². The Bertz CT molecular complexity index is 598. The Morgan fingerprint density at radius 1 is 1.10 bits per heavy atom. The van der Waals surface area contributed by atoms with Gasteiger partial charge in [-0.3, -0.25) is 14.3 Å². The van der Waals surface area contributed by atoms with E-state index in [1.54, 1.807) is 0 Å². The lowest BCUT2D eigenvalue weighted by molar-refractivity contribution is 0.0999. The highest BCUT2D eigenvalue weighted by atomic mass is 35.5. The Labute approximate surface area is 121 Å². The fourth-order valence-corrected chi connectivity index (χ4v) is 2.84. The quantitative estimate of drug-likeness (QED) is 0.621. The maximum atomic E-state index is 11.7. The molecule has 0 aromatic heterocycles. The standard InChI is InChI=1S/C11H14ClN3O4S/c12-2-1-3-20(18,19)15-9-5-7(10(13)16)4-8(6-9)11(14)17/h4-6,15H,1-3H2,(H2,13,16)(H2,14,17). The molecule has 2 amide bonds. The number of carbonyl (C=O) groups excluding carboxylic acids is 2. The Balaban J connectivity index is 3.11. The number of anilines is 1. The molecule has 0 saturated heterocycles. The molecular weight excluding hydrogens is 306 g/mol. The van der Waals surface area contributed by atoms with E-state index >= 15 is 0 Å². The van der Waals surface area contributed by atoms with Crippen LogP contribution in [0.1, 0.15) is 27.1 Å². The van der Waals surface area contributed by atoms with Gasteiger partial charge in [0.15, 0.2) is 0 Å². The van der Waals surface area contributed by atoms with Crippen molar-refractivity contribution in [2.75, 3.05) is 16.4 Å². The first-order chi connectivity index (χ1) is 9.25. The molecule has 110 valence electrons. The van der Waals surface area contributed by atoms with Crippen molar-refractivity contribution < 1.29 is 18.0 Å². The van der Waals surface area contributed by atoms with E-state index in [-0.39, 0.29) is 34.9 Å². The third kappa shape index (κ3) is 4.71. The van der Waals surface area contributed by atoms with E-state index < -0.39 is 21.8 Å². The molecule has 20 heavy (non-hydrogen) atoms. The summed E-state index contributed by atoms with van der Waals surface area (Å²) in [6, 6.07) is 3.65. The number of rotatable bonds is 7. The zero-order chi connectivity index (χ0) is 15.3. The Hall–Kier alpha value is -1.80. The van der Waals surface area contributed by atoms with Crippen LogP contribution in [0.25, 0.3) is 0 Å². The first-order valence-corrected chi connectivity index (χ1v) is 7.75. The van der Waals surface area contributed by atoms with Gasteiger partial charge in [-0.15, -0.1) is 11.6 Å². The minimum Gasteiger partial charge on any atom is -0.366 e. The van der Waals surface area contributed by atoms with Crippen molar-refractivity contribution >= 4 is 39.1 Å². The average molecular weight is 320 g/mol. The number of carbonyl (C=O) groups is 2. The molecule has 1 rings (SSSR count). The number of alkyl halides is 1. The summed E-state index contributed by atoms with van der Waals surface area (Å²) < 4.78 is 25.7. The molecule has 1 aromatic rings. The predicted molar refractivity (Wildman–Crippen MR) is 76.2 cm³/mol. The van der Waals surface area contributed by atoms with Crippen LogP contribution in [0.5, 0.6) is 0 Å².